The van der Waals surface area contributed by atoms with E-state index in [0.717, 1.165) is 31.0 Å². The van der Waals surface area contributed by atoms with Crippen LogP contribution in [0.25, 0.3) is 0 Å². The molecule has 1 aliphatic heterocycles. The molecule has 0 saturated heterocycles. The summed E-state index contributed by atoms with van der Waals surface area (Å²) in [5.41, 5.74) is 0.839. The number of hydrogen-bond donors (Lipinski definition) is 1. The number of likely N-dealkylation sites (N-methyl/N-ethyl adjacent to an activating group) is 1. The van der Waals surface area contributed by atoms with Crippen LogP contribution < -0.4 is 10.1 Å². The van der Waals surface area contributed by atoms with Gasteiger partial charge in [-0.1, -0.05) is 18.2 Å². The number of hydrogen-bond acceptors (Lipinski definition) is 4. The number of nitrogens with zero attached hydrogens (tertiary/aromatic N) is 2. The molecule has 2 aliphatic rings. The molecule has 1 aromatic rings. The van der Waals surface area contributed by atoms with Crippen molar-refractivity contribution in [2.24, 2.45) is 4.99 Å². The summed E-state index contributed by atoms with van der Waals surface area (Å²) in [4.78, 5) is 6.44. The van der Waals surface area contributed by atoms with Crippen molar-refractivity contribution in [3.63, 3.8) is 0 Å². The minimum Gasteiger partial charge on any atom is -0.435 e. The van der Waals surface area contributed by atoms with Gasteiger partial charge >= 0.3 is 6.61 Å². The summed E-state index contributed by atoms with van der Waals surface area (Å²) in [5.74, 6) is 1.38. The lowest BCUT2D eigenvalue weighted by Gasteiger charge is -2.15. The van der Waals surface area contributed by atoms with Gasteiger partial charge in [-0.15, -0.1) is 0 Å². The predicted octanol–water partition coefficient (Wildman–Crippen LogP) is 2.03. The van der Waals surface area contributed by atoms with Crippen LogP contribution >= 0.6 is 0 Å². The van der Waals surface area contributed by atoms with Crippen molar-refractivity contribution in [2.45, 2.75) is 25.0 Å². The number of alkyl halides is 2. The fourth-order valence-electron chi connectivity index (χ4n) is 2.54. The van der Waals surface area contributed by atoms with Gasteiger partial charge in [0.1, 0.15) is 5.75 Å². The number of ether oxygens (including phenoxy) is 1. The summed E-state index contributed by atoms with van der Waals surface area (Å²) < 4.78 is 29.4. The highest BCUT2D eigenvalue weighted by atomic mass is 19.3. The van der Waals surface area contributed by atoms with Crippen LogP contribution in [0, 0.1) is 0 Å². The summed E-state index contributed by atoms with van der Waals surface area (Å²) in [6, 6.07) is 7.25. The van der Waals surface area contributed by atoms with Crippen LogP contribution in [-0.4, -0.2) is 43.6 Å². The number of rotatable bonds is 4. The Bertz CT molecular complexity index is 521. The lowest BCUT2D eigenvalue weighted by Crippen LogP contribution is -2.37. The minimum atomic E-state index is -2.79. The third-order valence-corrected chi connectivity index (χ3v) is 3.70. The van der Waals surface area contributed by atoms with E-state index < -0.39 is 6.61 Å². The quantitative estimate of drug-likeness (QED) is 0.917. The number of guanidine groups is 1. The summed E-state index contributed by atoms with van der Waals surface area (Å²) in [6.45, 7) is -1.06. The second-order valence-corrected chi connectivity index (χ2v) is 5.14. The highest BCUT2D eigenvalue weighted by Gasteiger charge is 2.41. The maximum absolute atomic E-state index is 12.4. The maximum atomic E-state index is 12.4. The molecule has 0 unspecified atom stereocenters. The smallest absolute Gasteiger partial charge is 0.387 e. The lowest BCUT2D eigenvalue weighted by atomic mass is 10.1. The summed E-state index contributed by atoms with van der Waals surface area (Å²) >= 11 is 0. The Hall–Kier alpha value is -1.85. The number of nitrogens with one attached hydrogen (secondary N) is 1. The molecule has 3 rings (SSSR count). The first-order valence-electron chi connectivity index (χ1n) is 6.71. The number of aliphatic imine (C=N–C) groups is 1. The Morgan fingerprint density at radius 2 is 2.20 bits per heavy atom. The van der Waals surface area contributed by atoms with E-state index in [0.29, 0.717) is 0 Å². The van der Waals surface area contributed by atoms with Gasteiger partial charge in [0.25, 0.3) is 0 Å². The van der Waals surface area contributed by atoms with Gasteiger partial charge < -0.3 is 15.0 Å². The third-order valence-electron chi connectivity index (χ3n) is 3.70. The zero-order valence-corrected chi connectivity index (χ0v) is 11.2. The van der Waals surface area contributed by atoms with E-state index in [9.17, 15) is 8.78 Å². The molecule has 2 atom stereocenters. The molecule has 1 saturated carbocycles. The molecule has 0 aromatic heterocycles. The SMILES string of the molecule is CN1CCN=C1N[C@H]1C[C@@H]1c1ccccc1OC(F)F. The van der Waals surface area contributed by atoms with Gasteiger partial charge in [-0.2, -0.15) is 8.78 Å². The molecule has 1 aliphatic carbocycles. The van der Waals surface area contributed by atoms with E-state index >= 15 is 0 Å². The summed E-state index contributed by atoms with van der Waals surface area (Å²) in [6.07, 6.45) is 0.913. The number of halogens is 2. The summed E-state index contributed by atoms with van der Waals surface area (Å²) in [7, 11) is 1.99. The average Bonchev–Trinajstić information content (AvgIpc) is 3.05. The molecule has 6 heteroatoms. The van der Waals surface area contributed by atoms with Crippen molar-refractivity contribution in [1.82, 2.24) is 10.2 Å². The Kier molecular flexibility index (Phi) is 3.46. The predicted molar refractivity (Wildman–Crippen MR) is 72.3 cm³/mol. The molecule has 4 nitrogen and oxygen atoms in total. The Morgan fingerprint density at radius 3 is 2.90 bits per heavy atom. The molecule has 0 spiro atoms. The maximum Gasteiger partial charge on any atom is 0.387 e. The van der Waals surface area contributed by atoms with E-state index in [4.69, 9.17) is 0 Å². The van der Waals surface area contributed by atoms with Crippen LogP contribution in [-0.2, 0) is 0 Å². The summed E-state index contributed by atoms with van der Waals surface area (Å²) in [5, 5.41) is 3.36. The highest BCUT2D eigenvalue weighted by molar-refractivity contribution is 5.82. The molecule has 1 heterocycles. The molecule has 108 valence electrons. The van der Waals surface area contributed by atoms with E-state index in [1.807, 2.05) is 19.2 Å². The van der Waals surface area contributed by atoms with Crippen molar-refractivity contribution in [2.75, 3.05) is 20.1 Å². The van der Waals surface area contributed by atoms with Gasteiger partial charge in [0, 0.05) is 25.6 Å². The molecular weight excluding hydrogens is 264 g/mol. The Balaban J connectivity index is 1.67. The zero-order chi connectivity index (χ0) is 14.1. The number of para-hydroxylation sites is 1. The molecule has 0 radical (unpaired) electrons. The Morgan fingerprint density at radius 1 is 1.40 bits per heavy atom. The van der Waals surface area contributed by atoms with Gasteiger partial charge in [0.15, 0.2) is 5.96 Å². The van der Waals surface area contributed by atoms with Crippen LogP contribution in [0.4, 0.5) is 8.78 Å². The minimum absolute atomic E-state index is 0.210. The van der Waals surface area contributed by atoms with Crippen LogP contribution in [0.5, 0.6) is 5.75 Å². The zero-order valence-electron chi connectivity index (χ0n) is 11.2. The van der Waals surface area contributed by atoms with Crippen molar-refractivity contribution in [3.8, 4) is 5.75 Å². The van der Waals surface area contributed by atoms with E-state index in [-0.39, 0.29) is 17.7 Å². The molecular formula is C14H17F2N3O. The van der Waals surface area contributed by atoms with Crippen molar-refractivity contribution in [3.05, 3.63) is 29.8 Å². The standard InChI is InChI=1S/C14H17F2N3O/c1-19-7-6-17-14(19)18-11-8-10(11)9-4-2-3-5-12(9)20-13(15)16/h2-5,10-11,13H,6-8H2,1H3,(H,17,18)/t10-,11+/m1/s1. The van der Waals surface area contributed by atoms with Crippen molar-refractivity contribution >= 4 is 5.96 Å². The van der Waals surface area contributed by atoms with Gasteiger partial charge in [-0.05, 0) is 18.1 Å². The normalized spacial score (nSPS) is 24.8. The van der Waals surface area contributed by atoms with Gasteiger partial charge in [-0.25, -0.2) is 0 Å². The van der Waals surface area contributed by atoms with E-state index in [1.54, 1.807) is 12.1 Å². The molecule has 1 fully saturated rings. The average molecular weight is 281 g/mol. The van der Waals surface area contributed by atoms with Crippen molar-refractivity contribution in [1.29, 1.82) is 0 Å². The largest absolute Gasteiger partial charge is 0.435 e. The molecule has 1 N–H and O–H groups in total. The Labute approximate surface area is 116 Å². The molecule has 0 amide bonds. The van der Waals surface area contributed by atoms with Gasteiger partial charge in [0.05, 0.1) is 6.54 Å². The monoisotopic (exact) mass is 281 g/mol. The van der Waals surface area contributed by atoms with E-state index in [2.05, 4.69) is 19.9 Å². The fraction of sp³-hybridized carbons (Fsp3) is 0.500. The molecule has 0 bridgehead atoms. The first-order valence-corrected chi connectivity index (χ1v) is 6.71. The second kappa shape index (κ2) is 5.26. The van der Waals surface area contributed by atoms with Crippen molar-refractivity contribution < 1.29 is 13.5 Å². The number of benzene rings is 1. The first kappa shape index (κ1) is 13.1. The second-order valence-electron chi connectivity index (χ2n) is 5.14. The van der Waals surface area contributed by atoms with Gasteiger partial charge in [0.2, 0.25) is 0 Å². The highest BCUT2D eigenvalue weighted by Crippen LogP contribution is 2.45. The third kappa shape index (κ3) is 2.69. The van der Waals surface area contributed by atoms with Gasteiger partial charge in [-0.3, -0.25) is 4.99 Å². The first-order chi connectivity index (χ1) is 9.65. The van der Waals surface area contributed by atoms with Crippen LogP contribution in [0.2, 0.25) is 0 Å². The molecule has 20 heavy (non-hydrogen) atoms. The lowest BCUT2D eigenvalue weighted by molar-refractivity contribution is -0.0504. The van der Waals surface area contributed by atoms with Crippen LogP contribution in [0.1, 0.15) is 17.9 Å². The fourth-order valence-corrected chi connectivity index (χ4v) is 2.54. The van der Waals surface area contributed by atoms with Crippen LogP contribution in [0.3, 0.4) is 0 Å². The van der Waals surface area contributed by atoms with Crippen LogP contribution in [0.15, 0.2) is 29.3 Å². The topological polar surface area (TPSA) is 36.9 Å². The molecule has 1 aromatic carbocycles. The van der Waals surface area contributed by atoms with E-state index in [1.165, 1.54) is 0 Å².